The van der Waals surface area contributed by atoms with Crippen molar-refractivity contribution in [2.75, 3.05) is 26.7 Å². The van der Waals surface area contributed by atoms with E-state index in [0.717, 1.165) is 11.3 Å². The summed E-state index contributed by atoms with van der Waals surface area (Å²) in [5.41, 5.74) is 1.05. The lowest BCUT2D eigenvalue weighted by atomic mass is 10.2. The molecular weight excluding hydrogens is 320 g/mol. The number of benzene rings is 1. The Bertz CT molecular complexity index is 712. The average molecular weight is 342 g/mol. The largest absolute Gasteiger partial charge is 0.497 e. The van der Waals surface area contributed by atoms with Crippen molar-refractivity contribution < 1.29 is 14.3 Å². The second-order valence-electron chi connectivity index (χ2n) is 6.03. The first kappa shape index (κ1) is 17.0. The molecule has 2 aromatic rings. The molecule has 3 rings (SSSR count). The van der Waals surface area contributed by atoms with E-state index in [0.29, 0.717) is 32.6 Å². The minimum absolute atomic E-state index is 0.00569. The zero-order valence-corrected chi connectivity index (χ0v) is 14.3. The van der Waals surface area contributed by atoms with Gasteiger partial charge >= 0.3 is 0 Å². The summed E-state index contributed by atoms with van der Waals surface area (Å²) in [6.07, 6.45) is 5.57. The van der Waals surface area contributed by atoms with Gasteiger partial charge in [-0.1, -0.05) is 12.1 Å². The molecule has 0 bridgehead atoms. The summed E-state index contributed by atoms with van der Waals surface area (Å²) in [4.78, 5) is 32.0. The number of hydrogen-bond donors (Lipinski definition) is 0. The van der Waals surface area contributed by atoms with Crippen LogP contribution in [0, 0.1) is 0 Å². The second kappa shape index (κ2) is 7.83. The fraction of sp³-hybridized carbons (Fsp3) is 0.389. The molecule has 0 saturated carbocycles. The first-order chi connectivity index (χ1) is 12.2. The molecule has 7 heteroatoms. The molecule has 0 aliphatic carbocycles. The first-order valence-corrected chi connectivity index (χ1v) is 8.30. The number of aryl methyl sites for hydroxylation is 1. The zero-order chi connectivity index (χ0) is 17.6. The number of ether oxygens (including phenoxy) is 1. The van der Waals surface area contributed by atoms with Gasteiger partial charge in [0.2, 0.25) is 11.8 Å². The predicted molar refractivity (Wildman–Crippen MR) is 91.8 cm³/mol. The zero-order valence-electron chi connectivity index (χ0n) is 14.3. The minimum Gasteiger partial charge on any atom is -0.497 e. The monoisotopic (exact) mass is 342 g/mol. The summed E-state index contributed by atoms with van der Waals surface area (Å²) in [6, 6.07) is 7.68. The van der Waals surface area contributed by atoms with Crippen molar-refractivity contribution in [3.05, 3.63) is 48.5 Å². The molecule has 0 unspecified atom stereocenters. The number of amides is 2. The number of carbonyl (C=O) groups excluding carboxylic acids is 2. The summed E-state index contributed by atoms with van der Waals surface area (Å²) in [5.74, 6) is 0.785. The van der Waals surface area contributed by atoms with Gasteiger partial charge in [0, 0.05) is 45.0 Å². The average Bonchev–Trinajstić information content (AvgIpc) is 3.15. The number of aromatic nitrogens is 2. The SMILES string of the molecule is COc1ccc(CN2CCN(C(=O)CCn3ccnc3)CC2=O)cc1. The van der Waals surface area contributed by atoms with E-state index >= 15 is 0 Å². The van der Waals surface area contributed by atoms with Crippen LogP contribution in [-0.2, 0) is 22.7 Å². The molecule has 7 nitrogen and oxygen atoms in total. The van der Waals surface area contributed by atoms with E-state index in [1.807, 2.05) is 35.0 Å². The molecule has 0 spiro atoms. The molecule has 0 radical (unpaired) electrons. The molecule has 1 fully saturated rings. The van der Waals surface area contributed by atoms with Gasteiger partial charge in [0.05, 0.1) is 20.0 Å². The Morgan fingerprint density at radius 3 is 2.68 bits per heavy atom. The third-order valence-electron chi connectivity index (χ3n) is 4.35. The van der Waals surface area contributed by atoms with Gasteiger partial charge in [-0.3, -0.25) is 9.59 Å². The quantitative estimate of drug-likeness (QED) is 0.790. The van der Waals surface area contributed by atoms with Crippen LogP contribution in [0.15, 0.2) is 43.0 Å². The van der Waals surface area contributed by atoms with Crippen molar-refractivity contribution in [2.45, 2.75) is 19.5 Å². The Labute approximate surface area is 146 Å². The van der Waals surface area contributed by atoms with Gasteiger partial charge in [-0.2, -0.15) is 0 Å². The summed E-state index contributed by atoms with van der Waals surface area (Å²) in [6.45, 7) is 2.42. The smallest absolute Gasteiger partial charge is 0.242 e. The van der Waals surface area contributed by atoms with Gasteiger partial charge in [0.25, 0.3) is 0 Å². The Hall–Kier alpha value is -2.83. The lowest BCUT2D eigenvalue weighted by Gasteiger charge is -2.34. The van der Waals surface area contributed by atoms with Crippen LogP contribution in [0.3, 0.4) is 0 Å². The van der Waals surface area contributed by atoms with Crippen molar-refractivity contribution in [2.24, 2.45) is 0 Å². The highest BCUT2D eigenvalue weighted by atomic mass is 16.5. The number of methoxy groups -OCH3 is 1. The van der Waals surface area contributed by atoms with E-state index in [2.05, 4.69) is 4.98 Å². The lowest BCUT2D eigenvalue weighted by Crippen LogP contribution is -2.51. The van der Waals surface area contributed by atoms with Crippen LogP contribution in [0.1, 0.15) is 12.0 Å². The molecule has 2 heterocycles. The van der Waals surface area contributed by atoms with Crippen LogP contribution in [0.4, 0.5) is 0 Å². The normalized spacial score (nSPS) is 14.7. The fourth-order valence-corrected chi connectivity index (χ4v) is 2.84. The molecule has 1 aliphatic heterocycles. The van der Waals surface area contributed by atoms with Crippen molar-refractivity contribution >= 4 is 11.8 Å². The maximum absolute atomic E-state index is 12.4. The van der Waals surface area contributed by atoms with Crippen molar-refractivity contribution in [3.63, 3.8) is 0 Å². The molecule has 2 amide bonds. The highest BCUT2D eigenvalue weighted by molar-refractivity contribution is 5.86. The number of nitrogens with zero attached hydrogens (tertiary/aromatic N) is 4. The summed E-state index contributed by atoms with van der Waals surface area (Å²) in [7, 11) is 1.63. The van der Waals surface area contributed by atoms with E-state index in [1.165, 1.54) is 0 Å². The fourth-order valence-electron chi connectivity index (χ4n) is 2.84. The number of piperazine rings is 1. The van der Waals surface area contributed by atoms with Crippen LogP contribution in [0.5, 0.6) is 5.75 Å². The van der Waals surface area contributed by atoms with Gasteiger partial charge < -0.3 is 19.1 Å². The minimum atomic E-state index is -0.0157. The van der Waals surface area contributed by atoms with E-state index in [9.17, 15) is 9.59 Å². The van der Waals surface area contributed by atoms with Gasteiger partial charge in [0.1, 0.15) is 5.75 Å². The summed E-state index contributed by atoms with van der Waals surface area (Å²) >= 11 is 0. The van der Waals surface area contributed by atoms with Gasteiger partial charge in [0.15, 0.2) is 0 Å². The predicted octanol–water partition coefficient (Wildman–Crippen LogP) is 1.15. The van der Waals surface area contributed by atoms with Crippen LogP contribution in [0.25, 0.3) is 0 Å². The molecule has 1 aliphatic rings. The lowest BCUT2D eigenvalue weighted by molar-refractivity contribution is -0.145. The Kier molecular flexibility index (Phi) is 5.33. The van der Waals surface area contributed by atoms with Crippen LogP contribution in [-0.4, -0.2) is 57.9 Å². The highest BCUT2D eigenvalue weighted by Gasteiger charge is 2.26. The summed E-state index contributed by atoms with van der Waals surface area (Å²) in [5, 5.41) is 0. The standard InChI is InChI=1S/C18H22N4O3/c1-25-16-4-2-15(3-5-16)12-21-10-11-22(13-18(21)24)17(23)6-8-20-9-7-19-14-20/h2-5,7,9,14H,6,8,10-13H2,1H3. The number of carbonyl (C=O) groups is 2. The topological polar surface area (TPSA) is 67.7 Å². The maximum atomic E-state index is 12.4. The third kappa shape index (κ3) is 4.37. The van der Waals surface area contributed by atoms with Crippen molar-refractivity contribution in [3.8, 4) is 5.75 Å². The van der Waals surface area contributed by atoms with Gasteiger partial charge in [-0.15, -0.1) is 0 Å². The van der Waals surface area contributed by atoms with Crippen molar-refractivity contribution in [1.29, 1.82) is 0 Å². The highest BCUT2D eigenvalue weighted by Crippen LogP contribution is 2.15. The van der Waals surface area contributed by atoms with Crippen LogP contribution < -0.4 is 4.74 Å². The first-order valence-electron chi connectivity index (χ1n) is 8.30. The molecule has 0 N–H and O–H groups in total. The second-order valence-corrected chi connectivity index (χ2v) is 6.03. The van der Waals surface area contributed by atoms with Crippen molar-refractivity contribution in [1.82, 2.24) is 19.4 Å². The molecule has 1 aromatic heterocycles. The van der Waals surface area contributed by atoms with Gasteiger partial charge in [-0.05, 0) is 17.7 Å². The Morgan fingerprint density at radius 2 is 2.04 bits per heavy atom. The number of imidazole rings is 1. The third-order valence-corrected chi connectivity index (χ3v) is 4.35. The summed E-state index contributed by atoms with van der Waals surface area (Å²) < 4.78 is 7.00. The van der Waals surface area contributed by atoms with E-state index < -0.39 is 0 Å². The Balaban J connectivity index is 1.49. The van der Waals surface area contributed by atoms with Crippen LogP contribution in [0.2, 0.25) is 0 Å². The number of hydrogen-bond acceptors (Lipinski definition) is 4. The van der Waals surface area contributed by atoms with E-state index in [4.69, 9.17) is 4.74 Å². The molecular formula is C18H22N4O3. The molecule has 1 saturated heterocycles. The van der Waals surface area contributed by atoms with Gasteiger partial charge in [-0.25, -0.2) is 4.98 Å². The Morgan fingerprint density at radius 1 is 1.24 bits per heavy atom. The molecule has 0 atom stereocenters. The van der Waals surface area contributed by atoms with E-state index in [-0.39, 0.29) is 18.4 Å². The van der Waals surface area contributed by atoms with Crippen LogP contribution >= 0.6 is 0 Å². The molecule has 25 heavy (non-hydrogen) atoms. The number of rotatable bonds is 6. The maximum Gasteiger partial charge on any atom is 0.242 e. The molecule has 132 valence electrons. The van der Waals surface area contributed by atoms with E-state index in [1.54, 1.807) is 29.4 Å². The molecule has 1 aromatic carbocycles.